The summed E-state index contributed by atoms with van der Waals surface area (Å²) in [6.07, 6.45) is 3.59. The molecule has 3 nitrogen and oxygen atoms in total. The van der Waals surface area contributed by atoms with Gasteiger partial charge in [-0.05, 0) is 38.3 Å². The molecular weight excluding hydrogens is 280 g/mol. The van der Waals surface area contributed by atoms with E-state index in [4.69, 9.17) is 9.72 Å². The van der Waals surface area contributed by atoms with Crippen LogP contribution >= 0.6 is 11.3 Å². The topological polar surface area (TPSA) is 34.2 Å². The number of ether oxygens (including phenoxy) is 1. The van der Waals surface area contributed by atoms with Gasteiger partial charge in [0, 0.05) is 24.4 Å². The van der Waals surface area contributed by atoms with Gasteiger partial charge in [0.15, 0.2) is 0 Å². The van der Waals surface area contributed by atoms with E-state index in [1.54, 1.807) is 11.3 Å². The first-order valence-corrected chi connectivity index (χ1v) is 8.48. The number of aromatic nitrogens is 1. The van der Waals surface area contributed by atoms with Gasteiger partial charge in [0.2, 0.25) is 0 Å². The molecule has 2 heterocycles. The molecule has 1 aliphatic heterocycles. The lowest BCUT2D eigenvalue weighted by atomic mass is 10.0. The zero-order chi connectivity index (χ0) is 14.4. The van der Waals surface area contributed by atoms with Crippen LogP contribution in [-0.4, -0.2) is 16.6 Å². The molecule has 0 bridgehead atoms. The van der Waals surface area contributed by atoms with Crippen LogP contribution in [0.4, 0.5) is 0 Å². The Labute approximate surface area is 129 Å². The summed E-state index contributed by atoms with van der Waals surface area (Å²) >= 11 is 1.71. The molecule has 0 amide bonds. The van der Waals surface area contributed by atoms with Gasteiger partial charge in [-0.15, -0.1) is 11.3 Å². The highest BCUT2D eigenvalue weighted by atomic mass is 32.1. The average molecular weight is 300 g/mol. The van der Waals surface area contributed by atoms with Crippen LogP contribution in [0.3, 0.4) is 0 Å². The Kier molecular flexibility index (Phi) is 3.05. The maximum atomic E-state index is 6.15. The summed E-state index contributed by atoms with van der Waals surface area (Å²) in [7, 11) is 0. The Balaban J connectivity index is 1.61. The maximum absolute atomic E-state index is 6.15. The third-order valence-corrected chi connectivity index (χ3v) is 4.95. The van der Waals surface area contributed by atoms with E-state index in [0.29, 0.717) is 0 Å². The molecule has 1 N–H and O–H groups in total. The molecule has 2 aliphatic rings. The Morgan fingerprint density at radius 3 is 3.05 bits per heavy atom. The van der Waals surface area contributed by atoms with Crippen LogP contribution in [-0.2, 0) is 13.0 Å². The standard InChI is InChI=1S/C17H20N2OS/c1-17(2)8-11-4-3-5-14(15(11)20-17)16-19-13(10-21-16)9-18-12-6-7-12/h3-5,10,12,18H,6-9H2,1-2H3. The lowest BCUT2D eigenvalue weighted by Crippen LogP contribution is -2.24. The van der Waals surface area contributed by atoms with Crippen LogP contribution in [0.5, 0.6) is 5.75 Å². The summed E-state index contributed by atoms with van der Waals surface area (Å²) in [4.78, 5) is 4.78. The van der Waals surface area contributed by atoms with Crippen LogP contribution in [0, 0.1) is 0 Å². The van der Waals surface area contributed by atoms with E-state index in [-0.39, 0.29) is 5.60 Å². The Hall–Kier alpha value is -1.39. The predicted molar refractivity (Wildman–Crippen MR) is 85.8 cm³/mol. The number of rotatable bonds is 4. The first kappa shape index (κ1) is 13.3. The first-order chi connectivity index (χ1) is 10.1. The van der Waals surface area contributed by atoms with Gasteiger partial charge in [-0.1, -0.05) is 12.1 Å². The largest absolute Gasteiger partial charge is 0.486 e. The Morgan fingerprint density at radius 2 is 2.24 bits per heavy atom. The van der Waals surface area contributed by atoms with Gasteiger partial charge in [0.25, 0.3) is 0 Å². The van der Waals surface area contributed by atoms with Crippen LogP contribution in [0.15, 0.2) is 23.6 Å². The lowest BCUT2D eigenvalue weighted by molar-refractivity contribution is 0.139. The summed E-state index contributed by atoms with van der Waals surface area (Å²) in [6, 6.07) is 7.12. The van der Waals surface area contributed by atoms with E-state index in [2.05, 4.69) is 42.7 Å². The van der Waals surface area contributed by atoms with Gasteiger partial charge in [-0.2, -0.15) is 0 Å². The number of thiazole rings is 1. The van der Waals surface area contributed by atoms with E-state index in [9.17, 15) is 0 Å². The Morgan fingerprint density at radius 1 is 1.38 bits per heavy atom. The van der Waals surface area contributed by atoms with Gasteiger partial charge in [-0.3, -0.25) is 0 Å². The van der Waals surface area contributed by atoms with E-state index in [1.165, 1.54) is 18.4 Å². The molecule has 1 aliphatic carbocycles. The fourth-order valence-corrected chi connectivity index (χ4v) is 3.67. The molecule has 4 rings (SSSR count). The van der Waals surface area contributed by atoms with Gasteiger partial charge in [-0.25, -0.2) is 4.98 Å². The summed E-state index contributed by atoms with van der Waals surface area (Å²) in [5.41, 5.74) is 3.47. The van der Waals surface area contributed by atoms with Crippen molar-refractivity contribution in [3.05, 3.63) is 34.8 Å². The maximum Gasteiger partial charge on any atom is 0.133 e. The Bertz CT molecular complexity index is 673. The minimum absolute atomic E-state index is 0.105. The summed E-state index contributed by atoms with van der Waals surface area (Å²) in [6.45, 7) is 5.16. The average Bonchev–Trinajstić information content (AvgIpc) is 3.04. The molecular formula is C17H20N2OS. The quantitative estimate of drug-likeness (QED) is 0.933. The number of nitrogens with one attached hydrogen (secondary N) is 1. The normalized spacial score (nSPS) is 19.3. The molecule has 0 radical (unpaired) electrons. The number of hydrogen-bond donors (Lipinski definition) is 1. The number of nitrogens with zero attached hydrogens (tertiary/aromatic N) is 1. The van der Waals surface area contributed by atoms with Crippen molar-refractivity contribution in [2.75, 3.05) is 0 Å². The van der Waals surface area contributed by atoms with Crippen molar-refractivity contribution in [2.45, 2.75) is 51.3 Å². The van der Waals surface area contributed by atoms with Crippen LogP contribution in [0.25, 0.3) is 10.6 Å². The molecule has 110 valence electrons. The zero-order valence-corrected chi connectivity index (χ0v) is 13.3. The molecule has 2 aromatic rings. The fraction of sp³-hybridized carbons (Fsp3) is 0.471. The van der Waals surface area contributed by atoms with Gasteiger partial charge < -0.3 is 10.1 Å². The van der Waals surface area contributed by atoms with E-state index in [1.807, 2.05) is 0 Å². The monoisotopic (exact) mass is 300 g/mol. The minimum atomic E-state index is -0.105. The second kappa shape index (κ2) is 4.82. The summed E-state index contributed by atoms with van der Waals surface area (Å²) in [5.74, 6) is 1.03. The zero-order valence-electron chi connectivity index (χ0n) is 12.5. The van der Waals surface area contributed by atoms with Crippen LogP contribution in [0.1, 0.15) is 37.9 Å². The minimum Gasteiger partial charge on any atom is -0.486 e. The van der Waals surface area contributed by atoms with E-state index < -0.39 is 0 Å². The number of benzene rings is 1. The molecule has 1 saturated carbocycles. The van der Waals surface area contributed by atoms with Crippen molar-refractivity contribution >= 4 is 11.3 Å². The molecule has 0 spiro atoms. The second-order valence-corrected chi connectivity index (χ2v) is 7.49. The van der Waals surface area contributed by atoms with Crippen LogP contribution < -0.4 is 10.1 Å². The molecule has 0 unspecified atom stereocenters. The number of para-hydroxylation sites is 1. The lowest BCUT2D eigenvalue weighted by Gasteiger charge is -2.17. The summed E-state index contributed by atoms with van der Waals surface area (Å²) in [5, 5.41) is 6.74. The predicted octanol–water partition coefficient (Wildman–Crippen LogP) is 3.78. The molecule has 1 fully saturated rings. The van der Waals surface area contributed by atoms with Crippen molar-refractivity contribution in [1.82, 2.24) is 10.3 Å². The third kappa shape index (κ3) is 2.70. The van der Waals surface area contributed by atoms with Crippen LogP contribution in [0.2, 0.25) is 0 Å². The van der Waals surface area contributed by atoms with Gasteiger partial charge in [0.05, 0.1) is 11.3 Å². The second-order valence-electron chi connectivity index (χ2n) is 6.63. The number of hydrogen-bond acceptors (Lipinski definition) is 4. The number of fused-ring (bicyclic) bond motifs is 1. The molecule has 21 heavy (non-hydrogen) atoms. The van der Waals surface area contributed by atoms with E-state index >= 15 is 0 Å². The fourth-order valence-electron chi connectivity index (χ4n) is 2.83. The van der Waals surface area contributed by atoms with Crippen molar-refractivity contribution < 1.29 is 4.74 Å². The highest BCUT2D eigenvalue weighted by Gasteiger charge is 2.32. The summed E-state index contributed by atoms with van der Waals surface area (Å²) < 4.78 is 6.15. The van der Waals surface area contributed by atoms with Crippen molar-refractivity contribution in [3.8, 4) is 16.3 Å². The highest BCUT2D eigenvalue weighted by Crippen LogP contribution is 2.42. The molecule has 0 atom stereocenters. The highest BCUT2D eigenvalue weighted by molar-refractivity contribution is 7.13. The van der Waals surface area contributed by atoms with Gasteiger partial charge >= 0.3 is 0 Å². The van der Waals surface area contributed by atoms with Crippen molar-refractivity contribution in [1.29, 1.82) is 0 Å². The first-order valence-electron chi connectivity index (χ1n) is 7.60. The molecule has 0 saturated heterocycles. The van der Waals surface area contributed by atoms with E-state index in [0.717, 1.165) is 41.0 Å². The SMILES string of the molecule is CC1(C)Cc2cccc(-c3nc(CNC4CC4)cs3)c2O1. The van der Waals surface area contributed by atoms with Crippen molar-refractivity contribution in [3.63, 3.8) is 0 Å². The smallest absolute Gasteiger partial charge is 0.133 e. The van der Waals surface area contributed by atoms with Gasteiger partial charge in [0.1, 0.15) is 16.4 Å². The molecule has 1 aromatic heterocycles. The third-order valence-electron chi connectivity index (χ3n) is 4.02. The molecule has 1 aromatic carbocycles. The van der Waals surface area contributed by atoms with Crippen molar-refractivity contribution in [2.24, 2.45) is 0 Å². The molecule has 4 heteroatoms.